The molecule has 1 heterocycles. The lowest BCUT2D eigenvalue weighted by molar-refractivity contribution is 0.255. The normalized spacial score (nSPS) is 15.2. The van der Waals surface area contributed by atoms with Crippen molar-refractivity contribution < 1.29 is 17.9 Å². The van der Waals surface area contributed by atoms with Gasteiger partial charge in [-0.25, -0.2) is 13.1 Å². The van der Waals surface area contributed by atoms with Crippen LogP contribution in [0.4, 0.5) is 5.69 Å². The Kier molecular flexibility index (Phi) is 7.82. The van der Waals surface area contributed by atoms with E-state index in [9.17, 15) is 8.42 Å². The number of halogens is 1. The van der Waals surface area contributed by atoms with Crippen LogP contribution in [-0.4, -0.2) is 66.8 Å². The molecule has 2 aromatic rings. The molecule has 0 aliphatic carbocycles. The van der Waals surface area contributed by atoms with Crippen molar-refractivity contribution in [3.05, 3.63) is 47.5 Å². The number of hydrogen-bond acceptors (Lipinski definition) is 6. The first-order valence-corrected chi connectivity index (χ1v) is 11.7. The van der Waals surface area contributed by atoms with Gasteiger partial charge in [-0.3, -0.25) is 4.90 Å². The maximum atomic E-state index is 12.4. The second-order valence-corrected chi connectivity index (χ2v) is 9.25. The number of piperazine rings is 1. The number of sulfonamides is 1. The zero-order valence-electron chi connectivity index (χ0n) is 17.3. The molecule has 0 unspecified atom stereocenters. The summed E-state index contributed by atoms with van der Waals surface area (Å²) in [6.07, 6.45) is 0.742. The SMILES string of the molecule is COc1ccc(N2CCN(CCCNS(=O)(=O)c3ccc(OC)c(Cl)c3)CC2)cc1. The Bertz CT molecular complexity index is 930. The van der Waals surface area contributed by atoms with Gasteiger partial charge in [0.1, 0.15) is 11.5 Å². The number of benzene rings is 2. The molecule has 3 rings (SSSR count). The number of nitrogens with one attached hydrogen (secondary N) is 1. The molecule has 0 aromatic heterocycles. The van der Waals surface area contributed by atoms with Crippen LogP contribution in [0.15, 0.2) is 47.4 Å². The van der Waals surface area contributed by atoms with Crippen LogP contribution >= 0.6 is 11.6 Å². The van der Waals surface area contributed by atoms with Crippen molar-refractivity contribution in [2.75, 3.05) is 58.4 Å². The van der Waals surface area contributed by atoms with E-state index in [2.05, 4.69) is 26.7 Å². The van der Waals surface area contributed by atoms with Gasteiger partial charge < -0.3 is 14.4 Å². The number of nitrogens with zero attached hydrogens (tertiary/aromatic N) is 2. The van der Waals surface area contributed by atoms with E-state index in [4.69, 9.17) is 21.1 Å². The Hall–Kier alpha value is -2.00. The average Bonchev–Trinajstić information content (AvgIpc) is 2.77. The molecule has 0 atom stereocenters. The molecular weight excluding hydrogens is 426 g/mol. The first kappa shape index (κ1) is 22.7. The molecule has 0 radical (unpaired) electrons. The van der Waals surface area contributed by atoms with Crippen molar-refractivity contribution in [3.63, 3.8) is 0 Å². The van der Waals surface area contributed by atoms with E-state index in [1.807, 2.05) is 12.1 Å². The maximum Gasteiger partial charge on any atom is 0.240 e. The first-order chi connectivity index (χ1) is 14.4. The highest BCUT2D eigenvalue weighted by molar-refractivity contribution is 7.89. The lowest BCUT2D eigenvalue weighted by Crippen LogP contribution is -2.47. The third kappa shape index (κ3) is 5.78. The fraction of sp³-hybridized carbons (Fsp3) is 0.429. The molecule has 1 N–H and O–H groups in total. The molecule has 2 aromatic carbocycles. The summed E-state index contributed by atoms with van der Waals surface area (Å²) >= 11 is 6.04. The molecule has 1 aliphatic rings. The summed E-state index contributed by atoms with van der Waals surface area (Å²) < 4.78 is 37.8. The quantitative estimate of drug-likeness (QED) is 0.589. The Morgan fingerprint density at radius 3 is 2.30 bits per heavy atom. The molecule has 1 fully saturated rings. The monoisotopic (exact) mass is 453 g/mol. The van der Waals surface area contributed by atoms with Crippen LogP contribution < -0.4 is 19.1 Å². The van der Waals surface area contributed by atoms with Gasteiger partial charge in [0.25, 0.3) is 0 Å². The van der Waals surface area contributed by atoms with Gasteiger partial charge in [-0.15, -0.1) is 0 Å². The van der Waals surface area contributed by atoms with Crippen molar-refractivity contribution >= 4 is 27.3 Å². The van der Waals surface area contributed by atoms with Crippen LogP contribution in [0.25, 0.3) is 0 Å². The maximum absolute atomic E-state index is 12.4. The van der Waals surface area contributed by atoms with Gasteiger partial charge in [0, 0.05) is 38.4 Å². The zero-order valence-corrected chi connectivity index (χ0v) is 18.9. The fourth-order valence-corrected chi connectivity index (χ4v) is 4.85. The van der Waals surface area contributed by atoms with Crippen molar-refractivity contribution in [3.8, 4) is 11.5 Å². The highest BCUT2D eigenvalue weighted by atomic mass is 35.5. The molecule has 0 bridgehead atoms. The summed E-state index contributed by atoms with van der Waals surface area (Å²) in [5, 5.41) is 0.273. The topological polar surface area (TPSA) is 71.1 Å². The van der Waals surface area contributed by atoms with Gasteiger partial charge in [0.2, 0.25) is 10.0 Å². The van der Waals surface area contributed by atoms with Crippen molar-refractivity contribution in [2.24, 2.45) is 0 Å². The van der Waals surface area contributed by atoms with E-state index in [1.165, 1.54) is 24.9 Å². The highest BCUT2D eigenvalue weighted by Gasteiger charge is 2.18. The second-order valence-electron chi connectivity index (χ2n) is 7.07. The van der Waals surface area contributed by atoms with E-state index in [1.54, 1.807) is 13.2 Å². The third-order valence-corrected chi connectivity index (χ3v) is 6.94. The van der Waals surface area contributed by atoms with Crippen molar-refractivity contribution in [1.82, 2.24) is 9.62 Å². The van der Waals surface area contributed by atoms with Crippen molar-refractivity contribution in [1.29, 1.82) is 0 Å². The molecule has 30 heavy (non-hydrogen) atoms. The van der Waals surface area contributed by atoms with Gasteiger partial charge in [0.15, 0.2) is 0 Å². The van der Waals surface area contributed by atoms with E-state index in [0.29, 0.717) is 12.3 Å². The second kappa shape index (κ2) is 10.3. The van der Waals surface area contributed by atoms with Crippen LogP contribution in [0.1, 0.15) is 6.42 Å². The molecule has 9 heteroatoms. The lowest BCUT2D eigenvalue weighted by Gasteiger charge is -2.36. The predicted molar refractivity (Wildman–Crippen MR) is 119 cm³/mol. The summed E-state index contributed by atoms with van der Waals surface area (Å²) in [4.78, 5) is 4.85. The summed E-state index contributed by atoms with van der Waals surface area (Å²) in [5.74, 6) is 1.31. The van der Waals surface area contributed by atoms with Gasteiger partial charge in [-0.2, -0.15) is 0 Å². The molecular formula is C21H28ClN3O4S. The van der Waals surface area contributed by atoms with Crippen LogP contribution in [0.3, 0.4) is 0 Å². The molecule has 1 aliphatic heterocycles. The fourth-order valence-electron chi connectivity index (χ4n) is 3.43. The highest BCUT2D eigenvalue weighted by Crippen LogP contribution is 2.26. The summed E-state index contributed by atoms with van der Waals surface area (Å²) in [7, 11) is -0.431. The summed E-state index contributed by atoms with van der Waals surface area (Å²) in [6, 6.07) is 12.6. The van der Waals surface area contributed by atoms with Gasteiger partial charge >= 0.3 is 0 Å². The number of methoxy groups -OCH3 is 2. The molecule has 1 saturated heterocycles. The van der Waals surface area contributed by atoms with Gasteiger partial charge in [-0.05, 0) is 55.4 Å². The Labute approximate surface area is 183 Å². The van der Waals surface area contributed by atoms with E-state index in [0.717, 1.165) is 44.9 Å². The standard InChI is InChI=1S/C21H28ClN3O4S/c1-28-18-6-4-17(5-7-18)25-14-12-24(13-15-25)11-3-10-23-30(26,27)19-8-9-21(29-2)20(22)16-19/h4-9,16,23H,3,10-15H2,1-2H3. The largest absolute Gasteiger partial charge is 0.497 e. The van der Waals surface area contributed by atoms with Gasteiger partial charge in [0.05, 0.1) is 24.1 Å². The van der Waals surface area contributed by atoms with Crippen LogP contribution in [0, 0.1) is 0 Å². The van der Waals surface area contributed by atoms with E-state index < -0.39 is 10.0 Å². The predicted octanol–water partition coefficient (Wildman–Crippen LogP) is 2.85. The minimum Gasteiger partial charge on any atom is -0.497 e. The third-order valence-electron chi connectivity index (χ3n) is 5.19. The minimum atomic E-state index is -3.59. The Morgan fingerprint density at radius 1 is 1.00 bits per heavy atom. The smallest absolute Gasteiger partial charge is 0.240 e. The number of ether oxygens (including phenoxy) is 2. The van der Waals surface area contributed by atoms with E-state index >= 15 is 0 Å². The van der Waals surface area contributed by atoms with Crippen LogP contribution in [0.2, 0.25) is 5.02 Å². The Morgan fingerprint density at radius 2 is 1.70 bits per heavy atom. The van der Waals surface area contributed by atoms with Crippen molar-refractivity contribution in [2.45, 2.75) is 11.3 Å². The minimum absolute atomic E-state index is 0.140. The first-order valence-electron chi connectivity index (χ1n) is 9.87. The summed E-state index contributed by atoms with van der Waals surface area (Å²) in [5.41, 5.74) is 1.20. The molecule has 0 spiro atoms. The van der Waals surface area contributed by atoms with Crippen LogP contribution in [-0.2, 0) is 10.0 Å². The lowest BCUT2D eigenvalue weighted by atomic mass is 10.2. The van der Waals surface area contributed by atoms with E-state index in [-0.39, 0.29) is 9.92 Å². The number of anilines is 1. The molecule has 7 nitrogen and oxygen atoms in total. The zero-order chi connectivity index (χ0) is 21.6. The molecule has 0 amide bonds. The Balaban J connectivity index is 1.41. The average molecular weight is 454 g/mol. The number of hydrogen-bond donors (Lipinski definition) is 1. The van der Waals surface area contributed by atoms with Crippen LogP contribution in [0.5, 0.6) is 11.5 Å². The van der Waals surface area contributed by atoms with Gasteiger partial charge in [-0.1, -0.05) is 11.6 Å². The molecule has 0 saturated carbocycles. The molecule has 164 valence electrons. The summed E-state index contributed by atoms with van der Waals surface area (Å²) in [6.45, 7) is 5.03. The number of rotatable bonds is 9.